The van der Waals surface area contributed by atoms with Gasteiger partial charge in [0.05, 0.1) is 7.11 Å². The zero-order valence-electron chi connectivity index (χ0n) is 11.4. The van der Waals surface area contributed by atoms with E-state index in [1.807, 2.05) is 24.3 Å². The molecule has 6 heteroatoms. The lowest BCUT2D eigenvalue weighted by molar-refractivity contribution is 0.415. The highest BCUT2D eigenvalue weighted by molar-refractivity contribution is 9.10. The SMILES string of the molecule is COc1cc(Br)cc(Nc2cc(Br)nc(C(C)C)n2)c1. The molecule has 1 N–H and O–H groups in total. The summed E-state index contributed by atoms with van der Waals surface area (Å²) in [6.07, 6.45) is 0. The van der Waals surface area contributed by atoms with Crippen LogP contribution in [0.3, 0.4) is 0 Å². The van der Waals surface area contributed by atoms with Gasteiger partial charge < -0.3 is 10.1 Å². The van der Waals surface area contributed by atoms with Crippen LogP contribution in [-0.2, 0) is 0 Å². The maximum atomic E-state index is 5.25. The van der Waals surface area contributed by atoms with Crippen LogP contribution in [0, 0.1) is 0 Å². The number of anilines is 2. The van der Waals surface area contributed by atoms with Gasteiger partial charge in [-0.2, -0.15) is 0 Å². The summed E-state index contributed by atoms with van der Waals surface area (Å²) in [5, 5.41) is 3.26. The van der Waals surface area contributed by atoms with Gasteiger partial charge >= 0.3 is 0 Å². The molecule has 20 heavy (non-hydrogen) atoms. The summed E-state index contributed by atoms with van der Waals surface area (Å²) in [4.78, 5) is 8.86. The van der Waals surface area contributed by atoms with Gasteiger partial charge in [-0.1, -0.05) is 29.8 Å². The molecule has 0 radical (unpaired) electrons. The highest BCUT2D eigenvalue weighted by Crippen LogP contribution is 2.27. The van der Waals surface area contributed by atoms with Crippen molar-refractivity contribution < 1.29 is 4.74 Å². The first-order chi connectivity index (χ1) is 9.47. The molecule has 0 amide bonds. The standard InChI is InChI=1S/C14H15Br2N3O/c1-8(2)14-18-12(16)7-13(19-14)17-10-4-9(15)5-11(6-10)20-3/h4-8H,1-3H3,(H,17,18,19). The summed E-state index contributed by atoms with van der Waals surface area (Å²) in [6, 6.07) is 7.63. The molecule has 0 fully saturated rings. The number of nitrogens with zero attached hydrogens (tertiary/aromatic N) is 2. The second-order valence-corrected chi connectivity index (χ2v) is 6.32. The Kier molecular flexibility index (Phi) is 4.99. The Labute approximate surface area is 135 Å². The average Bonchev–Trinajstić information content (AvgIpc) is 2.37. The molecule has 1 aromatic heterocycles. The van der Waals surface area contributed by atoms with E-state index in [2.05, 4.69) is 61.0 Å². The van der Waals surface area contributed by atoms with Gasteiger partial charge in [-0.05, 0) is 28.1 Å². The van der Waals surface area contributed by atoms with E-state index in [4.69, 9.17) is 4.74 Å². The molecular weight excluding hydrogens is 386 g/mol. The van der Waals surface area contributed by atoms with Gasteiger partial charge in [0, 0.05) is 28.2 Å². The topological polar surface area (TPSA) is 47.0 Å². The molecule has 0 aliphatic heterocycles. The molecular formula is C14H15Br2N3O. The molecule has 1 heterocycles. The van der Waals surface area contributed by atoms with Crippen LogP contribution in [0.2, 0.25) is 0 Å². The molecule has 0 aliphatic rings. The Balaban J connectivity index is 2.32. The Morgan fingerprint density at radius 3 is 2.50 bits per heavy atom. The summed E-state index contributed by atoms with van der Waals surface area (Å²) in [7, 11) is 1.64. The molecule has 0 saturated heterocycles. The van der Waals surface area contributed by atoms with Gasteiger partial charge in [0.15, 0.2) is 0 Å². The number of hydrogen-bond donors (Lipinski definition) is 1. The van der Waals surface area contributed by atoms with E-state index in [1.165, 1.54) is 0 Å². The van der Waals surface area contributed by atoms with Crippen LogP contribution in [0.5, 0.6) is 5.75 Å². The maximum Gasteiger partial charge on any atom is 0.135 e. The minimum Gasteiger partial charge on any atom is -0.497 e. The monoisotopic (exact) mass is 399 g/mol. The minimum atomic E-state index is 0.269. The molecule has 106 valence electrons. The molecule has 0 saturated carbocycles. The van der Waals surface area contributed by atoms with Crippen molar-refractivity contribution in [1.29, 1.82) is 0 Å². The molecule has 2 rings (SSSR count). The number of rotatable bonds is 4. The second kappa shape index (κ2) is 6.54. The average molecular weight is 401 g/mol. The van der Waals surface area contributed by atoms with Crippen molar-refractivity contribution in [2.75, 3.05) is 12.4 Å². The highest BCUT2D eigenvalue weighted by atomic mass is 79.9. The van der Waals surface area contributed by atoms with Crippen LogP contribution < -0.4 is 10.1 Å². The van der Waals surface area contributed by atoms with Gasteiger partial charge in [0.2, 0.25) is 0 Å². The second-order valence-electron chi connectivity index (χ2n) is 4.59. The summed E-state index contributed by atoms with van der Waals surface area (Å²) in [5.41, 5.74) is 0.900. The summed E-state index contributed by atoms with van der Waals surface area (Å²) in [6.45, 7) is 4.13. The molecule has 0 bridgehead atoms. The molecule has 0 spiro atoms. The normalized spacial score (nSPS) is 10.7. The number of hydrogen-bond acceptors (Lipinski definition) is 4. The van der Waals surface area contributed by atoms with Gasteiger partial charge in [0.1, 0.15) is 22.0 Å². The molecule has 4 nitrogen and oxygen atoms in total. The fourth-order valence-electron chi connectivity index (χ4n) is 1.66. The largest absolute Gasteiger partial charge is 0.497 e. The fraction of sp³-hybridized carbons (Fsp3) is 0.286. The Morgan fingerprint density at radius 1 is 1.10 bits per heavy atom. The van der Waals surface area contributed by atoms with Crippen LogP contribution in [0.15, 0.2) is 33.3 Å². The predicted molar refractivity (Wildman–Crippen MR) is 87.8 cm³/mol. The van der Waals surface area contributed by atoms with E-state index < -0.39 is 0 Å². The van der Waals surface area contributed by atoms with Crippen LogP contribution in [0.25, 0.3) is 0 Å². The smallest absolute Gasteiger partial charge is 0.135 e. The fourth-order valence-corrected chi connectivity index (χ4v) is 2.53. The predicted octanol–water partition coefficient (Wildman–Crippen LogP) is 4.88. The van der Waals surface area contributed by atoms with Crippen LogP contribution in [0.1, 0.15) is 25.6 Å². The van der Waals surface area contributed by atoms with Crippen LogP contribution in [0.4, 0.5) is 11.5 Å². The first kappa shape index (κ1) is 15.3. The lowest BCUT2D eigenvalue weighted by Crippen LogP contribution is -2.02. The first-order valence-corrected chi connectivity index (χ1v) is 7.72. The summed E-state index contributed by atoms with van der Waals surface area (Å²) >= 11 is 6.87. The zero-order chi connectivity index (χ0) is 14.7. The molecule has 0 unspecified atom stereocenters. The number of benzene rings is 1. The number of aromatic nitrogens is 2. The van der Waals surface area contributed by atoms with E-state index in [1.54, 1.807) is 7.11 Å². The molecule has 2 aromatic rings. The van der Waals surface area contributed by atoms with Crippen LogP contribution in [-0.4, -0.2) is 17.1 Å². The quantitative estimate of drug-likeness (QED) is 0.743. The third-order valence-electron chi connectivity index (χ3n) is 2.61. The van der Waals surface area contributed by atoms with E-state index in [9.17, 15) is 0 Å². The number of halogens is 2. The maximum absolute atomic E-state index is 5.25. The van der Waals surface area contributed by atoms with E-state index >= 15 is 0 Å². The molecule has 0 atom stereocenters. The number of nitrogens with one attached hydrogen (secondary N) is 1. The van der Waals surface area contributed by atoms with Gasteiger partial charge in [-0.3, -0.25) is 0 Å². The lowest BCUT2D eigenvalue weighted by Gasteiger charge is -2.11. The van der Waals surface area contributed by atoms with Crippen molar-refractivity contribution in [2.45, 2.75) is 19.8 Å². The highest BCUT2D eigenvalue weighted by Gasteiger charge is 2.08. The molecule has 0 aliphatic carbocycles. The van der Waals surface area contributed by atoms with Crippen molar-refractivity contribution in [1.82, 2.24) is 9.97 Å². The van der Waals surface area contributed by atoms with Crippen molar-refractivity contribution >= 4 is 43.4 Å². The van der Waals surface area contributed by atoms with Gasteiger partial charge in [0.25, 0.3) is 0 Å². The number of methoxy groups -OCH3 is 1. The van der Waals surface area contributed by atoms with Gasteiger partial charge in [-0.15, -0.1) is 0 Å². The Bertz CT molecular complexity index is 617. The van der Waals surface area contributed by atoms with Crippen molar-refractivity contribution in [2.24, 2.45) is 0 Å². The first-order valence-electron chi connectivity index (χ1n) is 6.14. The lowest BCUT2D eigenvalue weighted by atomic mass is 10.2. The minimum absolute atomic E-state index is 0.269. The van der Waals surface area contributed by atoms with Gasteiger partial charge in [-0.25, -0.2) is 9.97 Å². The van der Waals surface area contributed by atoms with Crippen molar-refractivity contribution in [3.05, 3.63) is 39.2 Å². The summed E-state index contributed by atoms with van der Waals surface area (Å²) < 4.78 is 6.95. The molecule has 1 aromatic carbocycles. The van der Waals surface area contributed by atoms with E-state index in [0.717, 1.165) is 32.2 Å². The van der Waals surface area contributed by atoms with Crippen LogP contribution >= 0.6 is 31.9 Å². The van der Waals surface area contributed by atoms with Crippen molar-refractivity contribution in [3.8, 4) is 5.75 Å². The summed E-state index contributed by atoms with van der Waals surface area (Å²) in [5.74, 6) is 2.59. The Hall–Kier alpha value is -1.14. The zero-order valence-corrected chi connectivity index (χ0v) is 14.6. The van der Waals surface area contributed by atoms with E-state index in [-0.39, 0.29) is 5.92 Å². The Morgan fingerprint density at radius 2 is 1.85 bits per heavy atom. The van der Waals surface area contributed by atoms with E-state index in [0.29, 0.717) is 0 Å². The third-order valence-corrected chi connectivity index (χ3v) is 3.47. The van der Waals surface area contributed by atoms with Crippen molar-refractivity contribution in [3.63, 3.8) is 0 Å². The number of ether oxygens (including phenoxy) is 1. The third kappa shape index (κ3) is 3.93.